The zero-order chi connectivity index (χ0) is 15.2. The number of amides is 1. The number of carbonyl (C=O) groups excluding carboxylic acids is 1. The molecule has 1 atom stereocenters. The minimum Gasteiger partial charge on any atom is -0.497 e. The van der Waals surface area contributed by atoms with Crippen molar-refractivity contribution >= 4 is 11.7 Å². The molecule has 2 N–H and O–H groups in total. The fourth-order valence-electron chi connectivity index (χ4n) is 2.52. The van der Waals surface area contributed by atoms with Crippen LogP contribution in [0.1, 0.15) is 19.8 Å². The topological polar surface area (TPSA) is 71.7 Å². The Morgan fingerprint density at radius 1 is 1.43 bits per heavy atom. The summed E-state index contributed by atoms with van der Waals surface area (Å²) in [5.74, 6) is 1.75. The van der Waals surface area contributed by atoms with Gasteiger partial charge in [-0.05, 0) is 12.5 Å². The van der Waals surface area contributed by atoms with Crippen molar-refractivity contribution in [3.8, 4) is 5.75 Å². The number of nitrogens with two attached hydrogens (primary N) is 1. The van der Waals surface area contributed by atoms with Gasteiger partial charge in [0.05, 0.1) is 13.2 Å². The highest BCUT2D eigenvalue weighted by Gasteiger charge is 2.25. The third kappa shape index (κ3) is 3.85. The van der Waals surface area contributed by atoms with Gasteiger partial charge in [0.1, 0.15) is 11.6 Å². The number of aromatic nitrogens is 1. The van der Waals surface area contributed by atoms with Gasteiger partial charge in [0, 0.05) is 38.4 Å². The second-order valence-electron chi connectivity index (χ2n) is 5.26. The molecule has 21 heavy (non-hydrogen) atoms. The molecule has 0 radical (unpaired) electrons. The van der Waals surface area contributed by atoms with Gasteiger partial charge in [0.25, 0.3) is 0 Å². The molecule has 1 fully saturated rings. The van der Waals surface area contributed by atoms with Gasteiger partial charge < -0.3 is 20.3 Å². The van der Waals surface area contributed by atoms with Crippen LogP contribution in [0.4, 0.5) is 5.82 Å². The average molecular weight is 292 g/mol. The molecule has 1 aromatic rings. The molecule has 0 bridgehead atoms. The maximum absolute atomic E-state index is 12.2. The standard InChI is InChI=1S/C15H24N4O2/c1-3-4-13(16)15(20)19-9-7-18(8-10-19)14-11-12(21-2)5-6-17-14/h5-6,11,13H,3-4,7-10,16H2,1-2H3. The van der Waals surface area contributed by atoms with E-state index in [1.54, 1.807) is 13.3 Å². The molecular formula is C15H24N4O2. The average Bonchev–Trinajstić information content (AvgIpc) is 2.54. The van der Waals surface area contributed by atoms with Crippen LogP contribution in [0.25, 0.3) is 0 Å². The number of piperazine rings is 1. The molecule has 1 aliphatic heterocycles. The van der Waals surface area contributed by atoms with Crippen LogP contribution in [-0.2, 0) is 4.79 Å². The summed E-state index contributed by atoms with van der Waals surface area (Å²) in [4.78, 5) is 20.6. The summed E-state index contributed by atoms with van der Waals surface area (Å²) in [5.41, 5.74) is 5.91. The van der Waals surface area contributed by atoms with Crippen LogP contribution in [0, 0.1) is 0 Å². The Balaban J connectivity index is 1.92. The van der Waals surface area contributed by atoms with Crippen molar-refractivity contribution in [3.63, 3.8) is 0 Å². The lowest BCUT2D eigenvalue weighted by Crippen LogP contribution is -2.53. The number of carbonyl (C=O) groups is 1. The Morgan fingerprint density at radius 2 is 2.14 bits per heavy atom. The maximum Gasteiger partial charge on any atom is 0.239 e. The van der Waals surface area contributed by atoms with Gasteiger partial charge >= 0.3 is 0 Å². The second kappa shape index (κ2) is 7.26. The van der Waals surface area contributed by atoms with Crippen molar-refractivity contribution in [3.05, 3.63) is 18.3 Å². The molecule has 1 saturated heterocycles. The van der Waals surface area contributed by atoms with Crippen molar-refractivity contribution in [2.75, 3.05) is 38.2 Å². The van der Waals surface area contributed by atoms with E-state index in [0.29, 0.717) is 13.1 Å². The molecule has 116 valence electrons. The first-order valence-electron chi connectivity index (χ1n) is 7.45. The van der Waals surface area contributed by atoms with E-state index < -0.39 is 0 Å². The van der Waals surface area contributed by atoms with Crippen LogP contribution in [-0.4, -0.2) is 55.1 Å². The summed E-state index contributed by atoms with van der Waals surface area (Å²) in [5, 5.41) is 0. The Labute approximate surface area is 125 Å². The predicted octanol–water partition coefficient (Wildman–Crippen LogP) is 0.866. The smallest absolute Gasteiger partial charge is 0.239 e. The maximum atomic E-state index is 12.2. The van der Waals surface area contributed by atoms with Gasteiger partial charge in [-0.15, -0.1) is 0 Å². The lowest BCUT2D eigenvalue weighted by molar-refractivity contribution is -0.133. The van der Waals surface area contributed by atoms with E-state index in [2.05, 4.69) is 9.88 Å². The Morgan fingerprint density at radius 3 is 2.76 bits per heavy atom. The normalized spacial score (nSPS) is 16.7. The quantitative estimate of drug-likeness (QED) is 0.872. The summed E-state index contributed by atoms with van der Waals surface area (Å²) in [6, 6.07) is 3.38. The molecule has 0 aromatic carbocycles. The van der Waals surface area contributed by atoms with E-state index in [1.165, 1.54) is 0 Å². The highest BCUT2D eigenvalue weighted by Crippen LogP contribution is 2.19. The van der Waals surface area contributed by atoms with Gasteiger partial charge in [-0.2, -0.15) is 0 Å². The van der Waals surface area contributed by atoms with E-state index in [9.17, 15) is 4.79 Å². The van der Waals surface area contributed by atoms with Crippen LogP contribution in [0.5, 0.6) is 5.75 Å². The van der Waals surface area contributed by atoms with Crippen molar-refractivity contribution < 1.29 is 9.53 Å². The highest BCUT2D eigenvalue weighted by atomic mass is 16.5. The Hall–Kier alpha value is -1.82. The summed E-state index contributed by atoms with van der Waals surface area (Å²) in [6.07, 6.45) is 3.42. The molecule has 6 nitrogen and oxygen atoms in total. The molecule has 2 heterocycles. The third-order valence-corrected chi connectivity index (χ3v) is 3.78. The lowest BCUT2D eigenvalue weighted by atomic mass is 10.1. The predicted molar refractivity (Wildman–Crippen MR) is 82.5 cm³/mol. The summed E-state index contributed by atoms with van der Waals surface area (Å²) in [6.45, 7) is 4.96. The number of pyridine rings is 1. The number of ether oxygens (including phenoxy) is 1. The summed E-state index contributed by atoms with van der Waals surface area (Å²) >= 11 is 0. The summed E-state index contributed by atoms with van der Waals surface area (Å²) < 4.78 is 5.22. The van der Waals surface area contributed by atoms with E-state index >= 15 is 0 Å². The second-order valence-corrected chi connectivity index (χ2v) is 5.26. The molecular weight excluding hydrogens is 268 g/mol. The van der Waals surface area contributed by atoms with E-state index in [0.717, 1.165) is 37.5 Å². The molecule has 2 rings (SSSR count). The first-order valence-corrected chi connectivity index (χ1v) is 7.45. The van der Waals surface area contributed by atoms with Crippen LogP contribution in [0.3, 0.4) is 0 Å². The lowest BCUT2D eigenvalue weighted by Gasteiger charge is -2.36. The van der Waals surface area contributed by atoms with Crippen LogP contribution >= 0.6 is 0 Å². The highest BCUT2D eigenvalue weighted by molar-refractivity contribution is 5.81. The molecule has 1 unspecified atom stereocenters. The fraction of sp³-hybridized carbons (Fsp3) is 0.600. The van der Waals surface area contributed by atoms with Crippen molar-refractivity contribution in [1.82, 2.24) is 9.88 Å². The zero-order valence-corrected chi connectivity index (χ0v) is 12.8. The Kier molecular flexibility index (Phi) is 5.38. The van der Waals surface area contributed by atoms with Crippen molar-refractivity contribution in [2.24, 2.45) is 5.73 Å². The number of methoxy groups -OCH3 is 1. The number of rotatable bonds is 5. The first-order chi connectivity index (χ1) is 10.2. The van der Waals surface area contributed by atoms with Crippen LogP contribution in [0.15, 0.2) is 18.3 Å². The molecule has 6 heteroatoms. The monoisotopic (exact) mass is 292 g/mol. The number of hydrogen-bond acceptors (Lipinski definition) is 5. The van der Waals surface area contributed by atoms with Gasteiger partial charge in [0.2, 0.25) is 5.91 Å². The molecule has 0 aliphatic carbocycles. The minimum absolute atomic E-state index is 0.0649. The van der Waals surface area contributed by atoms with Gasteiger partial charge in [-0.3, -0.25) is 4.79 Å². The molecule has 1 amide bonds. The molecule has 1 aliphatic rings. The largest absolute Gasteiger partial charge is 0.497 e. The zero-order valence-electron chi connectivity index (χ0n) is 12.8. The van der Waals surface area contributed by atoms with Gasteiger partial charge in [-0.25, -0.2) is 4.98 Å². The van der Waals surface area contributed by atoms with E-state index in [-0.39, 0.29) is 11.9 Å². The minimum atomic E-state index is -0.364. The molecule has 0 saturated carbocycles. The molecule has 1 aromatic heterocycles. The van der Waals surface area contributed by atoms with Crippen LogP contribution < -0.4 is 15.4 Å². The number of anilines is 1. The van der Waals surface area contributed by atoms with E-state index in [4.69, 9.17) is 10.5 Å². The first kappa shape index (κ1) is 15.6. The van der Waals surface area contributed by atoms with Gasteiger partial charge in [0.15, 0.2) is 0 Å². The summed E-state index contributed by atoms with van der Waals surface area (Å²) in [7, 11) is 1.64. The van der Waals surface area contributed by atoms with E-state index in [1.807, 2.05) is 24.0 Å². The van der Waals surface area contributed by atoms with Crippen LogP contribution in [0.2, 0.25) is 0 Å². The van der Waals surface area contributed by atoms with Crippen molar-refractivity contribution in [2.45, 2.75) is 25.8 Å². The number of nitrogens with zero attached hydrogens (tertiary/aromatic N) is 3. The molecule has 0 spiro atoms. The number of hydrogen-bond donors (Lipinski definition) is 1. The SMILES string of the molecule is CCCC(N)C(=O)N1CCN(c2cc(OC)ccn2)CC1. The fourth-order valence-corrected chi connectivity index (χ4v) is 2.52. The Bertz CT molecular complexity index is 472. The van der Waals surface area contributed by atoms with Crippen molar-refractivity contribution in [1.29, 1.82) is 0 Å². The third-order valence-electron chi connectivity index (χ3n) is 3.78. The van der Waals surface area contributed by atoms with Gasteiger partial charge in [-0.1, -0.05) is 13.3 Å².